The lowest BCUT2D eigenvalue weighted by Gasteiger charge is -2.21. The molecule has 0 aromatic carbocycles. The van der Waals surface area contributed by atoms with Crippen molar-refractivity contribution in [2.75, 3.05) is 5.32 Å². The summed E-state index contributed by atoms with van der Waals surface area (Å²) >= 11 is 0. The molecule has 1 N–H and O–H groups in total. The van der Waals surface area contributed by atoms with Gasteiger partial charge in [-0.15, -0.1) is 10.2 Å². The summed E-state index contributed by atoms with van der Waals surface area (Å²) in [6.07, 6.45) is 15.6. The van der Waals surface area contributed by atoms with Gasteiger partial charge in [-0.2, -0.15) is 0 Å². The summed E-state index contributed by atoms with van der Waals surface area (Å²) in [4.78, 5) is 4.51. The minimum absolute atomic E-state index is 0.532. The molecule has 2 fully saturated rings. The zero-order valence-corrected chi connectivity index (χ0v) is 12.5. The minimum Gasteiger partial charge on any atom is -0.364 e. The van der Waals surface area contributed by atoms with Gasteiger partial charge < -0.3 is 5.32 Å². The van der Waals surface area contributed by atoms with E-state index < -0.39 is 0 Å². The molecular formula is C16H23N5. The van der Waals surface area contributed by atoms with Crippen LogP contribution in [0.15, 0.2) is 12.4 Å². The second-order valence-corrected chi connectivity index (χ2v) is 6.49. The van der Waals surface area contributed by atoms with Gasteiger partial charge in [-0.1, -0.05) is 32.1 Å². The maximum absolute atomic E-state index is 4.51. The van der Waals surface area contributed by atoms with Crippen LogP contribution in [0.3, 0.4) is 0 Å². The summed E-state index contributed by atoms with van der Waals surface area (Å²) in [6, 6.07) is 0.532. The van der Waals surface area contributed by atoms with Crippen molar-refractivity contribution in [2.45, 2.75) is 69.7 Å². The lowest BCUT2D eigenvalue weighted by Crippen LogP contribution is -2.21. The van der Waals surface area contributed by atoms with E-state index in [0.717, 1.165) is 17.3 Å². The number of anilines is 1. The molecule has 0 amide bonds. The van der Waals surface area contributed by atoms with Crippen molar-refractivity contribution in [1.29, 1.82) is 0 Å². The van der Waals surface area contributed by atoms with Crippen LogP contribution in [0, 0.1) is 0 Å². The monoisotopic (exact) mass is 285 g/mol. The van der Waals surface area contributed by atoms with E-state index in [1.807, 2.05) is 12.4 Å². The minimum atomic E-state index is 0.532. The molecule has 0 radical (unpaired) electrons. The first-order valence-corrected chi connectivity index (χ1v) is 8.38. The third-order valence-corrected chi connectivity index (χ3v) is 4.74. The molecule has 5 nitrogen and oxygen atoms in total. The number of nitrogens with one attached hydrogen (secondary N) is 1. The zero-order valence-electron chi connectivity index (χ0n) is 12.5. The first kappa shape index (κ1) is 13.0. The highest BCUT2D eigenvalue weighted by Gasteiger charge is 2.29. The molecule has 2 aliphatic carbocycles. The fourth-order valence-corrected chi connectivity index (χ4v) is 3.36. The Bertz CT molecular complexity index is 608. The Morgan fingerprint density at radius 2 is 1.71 bits per heavy atom. The second kappa shape index (κ2) is 5.62. The van der Waals surface area contributed by atoms with Gasteiger partial charge in [0.15, 0.2) is 5.82 Å². The number of fused-ring (bicyclic) bond motifs is 1. The van der Waals surface area contributed by atoms with Crippen molar-refractivity contribution >= 4 is 11.5 Å². The van der Waals surface area contributed by atoms with E-state index in [1.54, 1.807) is 0 Å². The predicted octanol–water partition coefficient (Wildman–Crippen LogP) is 3.53. The standard InChI is InChI=1S/C16H23N5/c1-2-4-6-13(7-5-3-1)18-14-16-20-19-15(12-8-9-12)21(16)11-10-17-14/h10-13H,1-9H2,(H,17,18). The van der Waals surface area contributed by atoms with E-state index in [9.17, 15) is 0 Å². The first-order chi connectivity index (χ1) is 10.4. The number of rotatable bonds is 3. The van der Waals surface area contributed by atoms with E-state index in [-0.39, 0.29) is 0 Å². The molecule has 2 heterocycles. The van der Waals surface area contributed by atoms with Crippen molar-refractivity contribution < 1.29 is 0 Å². The van der Waals surface area contributed by atoms with E-state index in [4.69, 9.17) is 0 Å². The van der Waals surface area contributed by atoms with Gasteiger partial charge in [0.05, 0.1) is 0 Å². The quantitative estimate of drug-likeness (QED) is 0.937. The molecule has 4 rings (SSSR count). The molecule has 0 aliphatic heterocycles. The number of hydrogen-bond donors (Lipinski definition) is 1. The Balaban J connectivity index is 1.57. The molecule has 0 unspecified atom stereocenters. The van der Waals surface area contributed by atoms with Crippen LogP contribution in [-0.4, -0.2) is 25.6 Å². The molecule has 2 aromatic rings. The zero-order chi connectivity index (χ0) is 14.1. The Hall–Kier alpha value is -1.65. The van der Waals surface area contributed by atoms with Crippen LogP contribution in [0.5, 0.6) is 0 Å². The molecular weight excluding hydrogens is 262 g/mol. The smallest absolute Gasteiger partial charge is 0.203 e. The van der Waals surface area contributed by atoms with Crippen LogP contribution in [0.2, 0.25) is 0 Å². The first-order valence-electron chi connectivity index (χ1n) is 8.38. The second-order valence-electron chi connectivity index (χ2n) is 6.49. The van der Waals surface area contributed by atoms with Gasteiger partial charge in [0.1, 0.15) is 5.82 Å². The average molecular weight is 285 g/mol. The highest BCUT2D eigenvalue weighted by molar-refractivity contribution is 5.62. The highest BCUT2D eigenvalue weighted by atomic mass is 15.3. The van der Waals surface area contributed by atoms with Crippen molar-refractivity contribution in [3.8, 4) is 0 Å². The summed E-state index contributed by atoms with van der Waals surface area (Å²) < 4.78 is 2.12. The summed E-state index contributed by atoms with van der Waals surface area (Å²) in [6.45, 7) is 0. The topological polar surface area (TPSA) is 55.1 Å². The Kier molecular flexibility index (Phi) is 3.49. The van der Waals surface area contributed by atoms with Crippen molar-refractivity contribution in [3.05, 3.63) is 18.2 Å². The Morgan fingerprint density at radius 1 is 0.952 bits per heavy atom. The van der Waals surface area contributed by atoms with Crippen LogP contribution < -0.4 is 5.32 Å². The maximum Gasteiger partial charge on any atom is 0.203 e. The van der Waals surface area contributed by atoms with E-state index >= 15 is 0 Å². The fraction of sp³-hybridized carbons (Fsp3) is 0.688. The normalized spacial score (nSPS) is 21.1. The van der Waals surface area contributed by atoms with E-state index in [2.05, 4.69) is 24.9 Å². The third kappa shape index (κ3) is 2.74. The number of aromatic nitrogens is 4. The summed E-state index contributed by atoms with van der Waals surface area (Å²) in [5.41, 5.74) is 0.890. The van der Waals surface area contributed by atoms with Crippen molar-refractivity contribution in [1.82, 2.24) is 19.6 Å². The third-order valence-electron chi connectivity index (χ3n) is 4.74. The molecule has 0 saturated heterocycles. The van der Waals surface area contributed by atoms with Crippen molar-refractivity contribution in [2.24, 2.45) is 0 Å². The summed E-state index contributed by atoms with van der Waals surface area (Å²) in [5, 5.41) is 12.4. The lowest BCUT2D eigenvalue weighted by atomic mass is 9.97. The number of nitrogens with zero attached hydrogens (tertiary/aromatic N) is 4. The molecule has 2 aromatic heterocycles. The van der Waals surface area contributed by atoms with Gasteiger partial charge >= 0.3 is 0 Å². The summed E-state index contributed by atoms with van der Waals surface area (Å²) in [5.74, 6) is 2.62. The molecule has 112 valence electrons. The molecule has 0 bridgehead atoms. The Labute approximate surface area is 125 Å². The van der Waals surface area contributed by atoms with Gasteiger partial charge in [0.25, 0.3) is 0 Å². The van der Waals surface area contributed by atoms with Crippen LogP contribution in [0.25, 0.3) is 5.65 Å². The van der Waals surface area contributed by atoms with Gasteiger partial charge in [0.2, 0.25) is 5.65 Å². The molecule has 2 saturated carbocycles. The molecule has 21 heavy (non-hydrogen) atoms. The predicted molar refractivity (Wildman–Crippen MR) is 82.5 cm³/mol. The van der Waals surface area contributed by atoms with Gasteiger partial charge in [0, 0.05) is 24.4 Å². The highest BCUT2D eigenvalue weighted by Crippen LogP contribution is 2.39. The largest absolute Gasteiger partial charge is 0.364 e. The van der Waals surface area contributed by atoms with E-state index in [1.165, 1.54) is 57.8 Å². The summed E-state index contributed by atoms with van der Waals surface area (Å²) in [7, 11) is 0. The molecule has 0 spiro atoms. The Morgan fingerprint density at radius 3 is 2.48 bits per heavy atom. The van der Waals surface area contributed by atoms with Crippen LogP contribution in [0.1, 0.15) is 69.5 Å². The molecule has 5 heteroatoms. The SMILES string of the molecule is c1cn2c(C3CC3)nnc2c(NC2CCCCCCC2)n1. The van der Waals surface area contributed by atoms with Gasteiger partial charge in [-0.05, 0) is 25.7 Å². The van der Waals surface area contributed by atoms with Crippen LogP contribution in [0.4, 0.5) is 5.82 Å². The van der Waals surface area contributed by atoms with E-state index in [0.29, 0.717) is 12.0 Å². The van der Waals surface area contributed by atoms with Gasteiger partial charge in [-0.3, -0.25) is 4.40 Å². The van der Waals surface area contributed by atoms with Crippen LogP contribution >= 0.6 is 0 Å². The number of hydrogen-bond acceptors (Lipinski definition) is 4. The van der Waals surface area contributed by atoms with Gasteiger partial charge in [-0.25, -0.2) is 4.98 Å². The lowest BCUT2D eigenvalue weighted by molar-refractivity contribution is 0.471. The average Bonchev–Trinajstić information content (AvgIpc) is 3.21. The maximum atomic E-state index is 4.51. The molecule has 2 aliphatic rings. The fourth-order valence-electron chi connectivity index (χ4n) is 3.36. The molecule has 0 atom stereocenters. The van der Waals surface area contributed by atoms with Crippen LogP contribution in [-0.2, 0) is 0 Å². The van der Waals surface area contributed by atoms with Crippen molar-refractivity contribution in [3.63, 3.8) is 0 Å².